The number of rotatable bonds is 2. The van der Waals surface area contributed by atoms with E-state index in [2.05, 4.69) is 48.4 Å². The number of hydrogen-bond acceptors (Lipinski definition) is 1. The minimum absolute atomic E-state index is 0.0134. The minimum atomic E-state index is -0.445. The predicted octanol–water partition coefficient (Wildman–Crippen LogP) is 3.87. The summed E-state index contributed by atoms with van der Waals surface area (Å²) in [6.45, 7) is 4.22. The van der Waals surface area contributed by atoms with E-state index in [9.17, 15) is 4.79 Å². The molecule has 0 saturated heterocycles. The van der Waals surface area contributed by atoms with E-state index >= 15 is 0 Å². The van der Waals surface area contributed by atoms with Gasteiger partial charge in [-0.05, 0) is 37.1 Å². The molecule has 110 valence electrons. The molecule has 3 aromatic rings. The van der Waals surface area contributed by atoms with Crippen LogP contribution in [0.4, 0.5) is 0 Å². The van der Waals surface area contributed by atoms with Gasteiger partial charge in [0.15, 0.2) is 0 Å². The largest absolute Gasteiger partial charge is 0.361 e. The molecule has 1 aromatic heterocycles. The maximum absolute atomic E-state index is 12.4. The van der Waals surface area contributed by atoms with Gasteiger partial charge in [0, 0.05) is 28.2 Å². The molecule has 1 amide bonds. The Hall–Kier alpha value is -2.55. The van der Waals surface area contributed by atoms with E-state index in [0.29, 0.717) is 0 Å². The fraction of sp³-hybridized carbons (Fsp3) is 0.211. The van der Waals surface area contributed by atoms with Gasteiger partial charge in [0.1, 0.15) is 0 Å². The number of H-pyrrole nitrogens is 1. The van der Waals surface area contributed by atoms with Gasteiger partial charge in [-0.2, -0.15) is 0 Å². The van der Waals surface area contributed by atoms with Crippen LogP contribution < -0.4 is 5.32 Å². The Morgan fingerprint density at radius 1 is 1.09 bits per heavy atom. The highest BCUT2D eigenvalue weighted by Gasteiger charge is 2.43. The average Bonchev–Trinajstić information content (AvgIpc) is 3.07. The van der Waals surface area contributed by atoms with Crippen molar-refractivity contribution in [3.8, 4) is 0 Å². The molecule has 1 aliphatic heterocycles. The molecule has 0 saturated carbocycles. The SMILES string of the molecule is CC[C@@]1(c2c[nH]c3ccc(C)cc23)NC(=O)c2ccccc21. The number of benzene rings is 2. The van der Waals surface area contributed by atoms with E-state index in [1.807, 2.05) is 24.4 Å². The molecular weight excluding hydrogens is 272 g/mol. The van der Waals surface area contributed by atoms with Crippen molar-refractivity contribution in [2.75, 3.05) is 0 Å². The Kier molecular flexibility index (Phi) is 2.67. The van der Waals surface area contributed by atoms with E-state index in [1.165, 1.54) is 10.9 Å². The zero-order chi connectivity index (χ0) is 15.3. The monoisotopic (exact) mass is 290 g/mol. The summed E-state index contributed by atoms with van der Waals surface area (Å²) in [5.74, 6) is 0.0134. The molecule has 4 rings (SSSR count). The number of hydrogen-bond donors (Lipinski definition) is 2. The van der Waals surface area contributed by atoms with E-state index in [-0.39, 0.29) is 5.91 Å². The predicted molar refractivity (Wildman–Crippen MR) is 88.0 cm³/mol. The second kappa shape index (κ2) is 4.47. The van der Waals surface area contributed by atoms with E-state index in [4.69, 9.17) is 0 Å². The van der Waals surface area contributed by atoms with Crippen LogP contribution in [0, 0.1) is 6.92 Å². The topological polar surface area (TPSA) is 44.9 Å². The standard InChI is InChI=1S/C19H18N2O/c1-3-19(15-7-5-4-6-13(15)18(22)21-19)16-11-20-17-9-8-12(2)10-14(16)17/h4-11,20H,3H2,1-2H3,(H,21,22)/t19-/m1/s1. The summed E-state index contributed by atoms with van der Waals surface area (Å²) in [6, 6.07) is 14.3. The summed E-state index contributed by atoms with van der Waals surface area (Å²) >= 11 is 0. The van der Waals surface area contributed by atoms with Gasteiger partial charge >= 0.3 is 0 Å². The highest BCUT2D eigenvalue weighted by atomic mass is 16.2. The number of aromatic nitrogens is 1. The molecule has 1 aliphatic rings. The molecule has 0 unspecified atom stereocenters. The average molecular weight is 290 g/mol. The first-order chi connectivity index (χ1) is 10.7. The van der Waals surface area contributed by atoms with Crippen molar-refractivity contribution in [3.05, 3.63) is 70.9 Å². The summed E-state index contributed by atoms with van der Waals surface area (Å²) in [7, 11) is 0. The van der Waals surface area contributed by atoms with Gasteiger partial charge in [-0.1, -0.05) is 36.8 Å². The third kappa shape index (κ3) is 1.59. The lowest BCUT2D eigenvalue weighted by Crippen LogP contribution is -2.39. The number of aromatic amines is 1. The normalized spacial score (nSPS) is 20.2. The van der Waals surface area contributed by atoms with Gasteiger partial charge in [0.05, 0.1) is 5.54 Å². The van der Waals surface area contributed by atoms with Gasteiger partial charge in [-0.15, -0.1) is 0 Å². The maximum atomic E-state index is 12.4. The highest BCUT2D eigenvalue weighted by Crippen LogP contribution is 2.42. The molecule has 1 atom stereocenters. The fourth-order valence-electron chi connectivity index (χ4n) is 3.65. The Bertz CT molecular complexity index is 893. The molecule has 2 N–H and O–H groups in total. The van der Waals surface area contributed by atoms with Crippen LogP contribution in [0.2, 0.25) is 0 Å². The number of nitrogens with one attached hydrogen (secondary N) is 2. The molecule has 0 fully saturated rings. The van der Waals surface area contributed by atoms with Crippen molar-refractivity contribution in [3.63, 3.8) is 0 Å². The summed E-state index contributed by atoms with van der Waals surface area (Å²) in [6.07, 6.45) is 2.85. The van der Waals surface area contributed by atoms with Crippen molar-refractivity contribution >= 4 is 16.8 Å². The first-order valence-electron chi connectivity index (χ1n) is 7.66. The lowest BCUT2D eigenvalue weighted by atomic mass is 9.81. The van der Waals surface area contributed by atoms with Crippen molar-refractivity contribution in [1.82, 2.24) is 10.3 Å². The van der Waals surface area contributed by atoms with Crippen molar-refractivity contribution in [2.45, 2.75) is 25.8 Å². The van der Waals surface area contributed by atoms with Crippen molar-refractivity contribution in [1.29, 1.82) is 0 Å². The van der Waals surface area contributed by atoms with Crippen LogP contribution in [-0.4, -0.2) is 10.9 Å². The minimum Gasteiger partial charge on any atom is -0.361 e. The van der Waals surface area contributed by atoms with Gasteiger partial charge in [-0.3, -0.25) is 4.79 Å². The number of carbonyl (C=O) groups excluding carboxylic acids is 1. The third-order valence-corrected chi connectivity index (χ3v) is 4.79. The third-order valence-electron chi connectivity index (χ3n) is 4.79. The van der Waals surface area contributed by atoms with Crippen LogP contribution in [0.15, 0.2) is 48.7 Å². The number of aryl methyl sites for hydroxylation is 1. The Labute approximate surface area is 129 Å². The first-order valence-corrected chi connectivity index (χ1v) is 7.66. The Morgan fingerprint density at radius 2 is 1.91 bits per heavy atom. The molecular formula is C19H18N2O. The van der Waals surface area contributed by atoms with Crippen molar-refractivity contribution in [2.24, 2.45) is 0 Å². The van der Waals surface area contributed by atoms with E-state index in [0.717, 1.165) is 28.6 Å². The lowest BCUT2D eigenvalue weighted by Gasteiger charge is -2.29. The number of fused-ring (bicyclic) bond motifs is 2. The number of amides is 1. The summed E-state index contributed by atoms with van der Waals surface area (Å²) in [4.78, 5) is 15.8. The molecule has 2 aromatic carbocycles. The van der Waals surface area contributed by atoms with Crippen LogP contribution >= 0.6 is 0 Å². The maximum Gasteiger partial charge on any atom is 0.252 e. The van der Waals surface area contributed by atoms with Crippen LogP contribution in [0.5, 0.6) is 0 Å². The molecule has 22 heavy (non-hydrogen) atoms. The summed E-state index contributed by atoms with van der Waals surface area (Å²) in [5, 5.41) is 4.42. The Balaban J connectivity index is 2.03. The highest BCUT2D eigenvalue weighted by molar-refractivity contribution is 6.02. The van der Waals surface area contributed by atoms with Gasteiger partial charge in [0.25, 0.3) is 5.91 Å². The first kappa shape index (κ1) is 13.1. The molecule has 3 nitrogen and oxygen atoms in total. The zero-order valence-electron chi connectivity index (χ0n) is 12.7. The Morgan fingerprint density at radius 3 is 2.73 bits per heavy atom. The van der Waals surface area contributed by atoms with Crippen LogP contribution in [0.25, 0.3) is 10.9 Å². The molecule has 0 spiro atoms. The molecule has 0 aliphatic carbocycles. The summed E-state index contributed by atoms with van der Waals surface area (Å²) in [5.41, 5.74) is 4.88. The quantitative estimate of drug-likeness (QED) is 0.739. The van der Waals surface area contributed by atoms with E-state index < -0.39 is 5.54 Å². The second-order valence-electron chi connectivity index (χ2n) is 6.01. The molecule has 0 radical (unpaired) electrons. The van der Waals surface area contributed by atoms with Gasteiger partial charge in [-0.25, -0.2) is 0 Å². The second-order valence-corrected chi connectivity index (χ2v) is 6.01. The molecule has 3 heteroatoms. The smallest absolute Gasteiger partial charge is 0.252 e. The molecule has 2 heterocycles. The van der Waals surface area contributed by atoms with Crippen molar-refractivity contribution < 1.29 is 4.79 Å². The summed E-state index contributed by atoms with van der Waals surface area (Å²) < 4.78 is 0. The fourth-order valence-corrected chi connectivity index (χ4v) is 3.65. The zero-order valence-corrected chi connectivity index (χ0v) is 12.7. The van der Waals surface area contributed by atoms with E-state index in [1.54, 1.807) is 0 Å². The van der Waals surface area contributed by atoms with Crippen LogP contribution in [0.3, 0.4) is 0 Å². The number of carbonyl (C=O) groups is 1. The van der Waals surface area contributed by atoms with Gasteiger partial charge in [0.2, 0.25) is 0 Å². The lowest BCUT2D eigenvalue weighted by molar-refractivity contribution is 0.0939. The van der Waals surface area contributed by atoms with Crippen LogP contribution in [0.1, 0.15) is 40.4 Å². The van der Waals surface area contributed by atoms with Crippen LogP contribution in [-0.2, 0) is 5.54 Å². The van der Waals surface area contributed by atoms with Gasteiger partial charge < -0.3 is 10.3 Å². The molecule has 0 bridgehead atoms.